The standard InChI is InChI=1S/C14H23N3O2S/c1-3-6-10-11(4-2)20-13(16-10)17-12(18)15-9-14(19)7-5-8-14/h19H,3-9H2,1-2H3,(H2,15,16,17,18). The molecule has 1 heterocycles. The highest BCUT2D eigenvalue weighted by Crippen LogP contribution is 2.30. The topological polar surface area (TPSA) is 74.2 Å². The fraction of sp³-hybridized carbons (Fsp3) is 0.714. The Morgan fingerprint density at radius 2 is 2.20 bits per heavy atom. The van der Waals surface area contributed by atoms with Crippen molar-refractivity contribution >= 4 is 22.5 Å². The van der Waals surface area contributed by atoms with E-state index in [1.54, 1.807) is 0 Å². The molecular formula is C14H23N3O2S. The smallest absolute Gasteiger partial charge is 0.321 e. The Labute approximate surface area is 123 Å². The molecule has 1 aliphatic rings. The number of carbonyl (C=O) groups is 1. The van der Waals surface area contributed by atoms with Crippen LogP contribution in [0.2, 0.25) is 0 Å². The number of urea groups is 1. The third-order valence-corrected chi connectivity index (χ3v) is 4.83. The van der Waals surface area contributed by atoms with Gasteiger partial charge in [-0.25, -0.2) is 9.78 Å². The number of anilines is 1. The average Bonchev–Trinajstić information content (AvgIpc) is 2.76. The number of aryl methyl sites for hydroxylation is 2. The molecule has 1 fully saturated rings. The molecule has 0 atom stereocenters. The molecule has 0 spiro atoms. The van der Waals surface area contributed by atoms with E-state index in [4.69, 9.17) is 0 Å². The quantitative estimate of drug-likeness (QED) is 0.756. The number of aromatic nitrogens is 1. The van der Waals surface area contributed by atoms with Crippen LogP contribution in [0.1, 0.15) is 50.1 Å². The molecule has 112 valence electrons. The second-order valence-electron chi connectivity index (χ2n) is 5.38. The molecule has 1 saturated carbocycles. The Morgan fingerprint density at radius 1 is 1.45 bits per heavy atom. The van der Waals surface area contributed by atoms with Gasteiger partial charge in [-0.05, 0) is 32.1 Å². The molecule has 20 heavy (non-hydrogen) atoms. The lowest BCUT2D eigenvalue weighted by Gasteiger charge is -2.36. The number of aliphatic hydroxyl groups is 1. The summed E-state index contributed by atoms with van der Waals surface area (Å²) >= 11 is 1.54. The molecule has 5 nitrogen and oxygen atoms in total. The van der Waals surface area contributed by atoms with E-state index >= 15 is 0 Å². The first-order chi connectivity index (χ1) is 9.56. The van der Waals surface area contributed by atoms with Crippen LogP contribution in [0.15, 0.2) is 0 Å². The van der Waals surface area contributed by atoms with E-state index in [2.05, 4.69) is 29.5 Å². The summed E-state index contributed by atoms with van der Waals surface area (Å²) in [7, 11) is 0. The molecule has 1 aromatic rings. The monoisotopic (exact) mass is 297 g/mol. The molecule has 6 heteroatoms. The van der Waals surface area contributed by atoms with Crippen LogP contribution in [-0.4, -0.2) is 28.3 Å². The predicted molar refractivity (Wildman–Crippen MR) is 81.3 cm³/mol. The van der Waals surface area contributed by atoms with Crippen LogP contribution in [-0.2, 0) is 12.8 Å². The van der Waals surface area contributed by atoms with Gasteiger partial charge in [0.2, 0.25) is 0 Å². The lowest BCUT2D eigenvalue weighted by Crippen LogP contribution is -2.48. The number of hydrogen-bond donors (Lipinski definition) is 3. The van der Waals surface area contributed by atoms with Gasteiger partial charge in [0.15, 0.2) is 5.13 Å². The minimum Gasteiger partial charge on any atom is -0.388 e. The van der Waals surface area contributed by atoms with Gasteiger partial charge in [0, 0.05) is 11.4 Å². The van der Waals surface area contributed by atoms with E-state index in [0.717, 1.165) is 44.2 Å². The van der Waals surface area contributed by atoms with E-state index in [1.165, 1.54) is 16.2 Å². The van der Waals surface area contributed by atoms with Gasteiger partial charge in [-0.3, -0.25) is 5.32 Å². The number of thiazole rings is 1. The highest BCUT2D eigenvalue weighted by atomic mass is 32.1. The van der Waals surface area contributed by atoms with Crippen molar-refractivity contribution in [2.75, 3.05) is 11.9 Å². The number of nitrogens with one attached hydrogen (secondary N) is 2. The van der Waals surface area contributed by atoms with E-state index < -0.39 is 5.60 Å². The van der Waals surface area contributed by atoms with Crippen molar-refractivity contribution in [2.24, 2.45) is 0 Å². The van der Waals surface area contributed by atoms with Crippen LogP contribution in [0.5, 0.6) is 0 Å². The second kappa shape index (κ2) is 6.54. The first-order valence-corrected chi connectivity index (χ1v) is 8.14. The SMILES string of the molecule is CCCc1nc(NC(=O)NCC2(O)CCC2)sc1CC. The largest absolute Gasteiger partial charge is 0.388 e. The highest BCUT2D eigenvalue weighted by molar-refractivity contribution is 7.15. The molecule has 0 unspecified atom stereocenters. The van der Waals surface area contributed by atoms with E-state index in [9.17, 15) is 9.90 Å². The minimum absolute atomic E-state index is 0.287. The zero-order valence-corrected chi connectivity index (χ0v) is 13.0. The highest BCUT2D eigenvalue weighted by Gasteiger charge is 2.34. The van der Waals surface area contributed by atoms with E-state index in [1.807, 2.05) is 0 Å². The fourth-order valence-corrected chi connectivity index (χ4v) is 3.24. The average molecular weight is 297 g/mol. The second-order valence-corrected chi connectivity index (χ2v) is 6.46. The van der Waals surface area contributed by atoms with Gasteiger partial charge in [0.25, 0.3) is 0 Å². The van der Waals surface area contributed by atoms with Gasteiger partial charge in [0.1, 0.15) is 0 Å². The van der Waals surface area contributed by atoms with Crippen molar-refractivity contribution < 1.29 is 9.90 Å². The van der Waals surface area contributed by atoms with Gasteiger partial charge in [-0.15, -0.1) is 11.3 Å². The van der Waals surface area contributed by atoms with Crippen molar-refractivity contribution in [1.29, 1.82) is 0 Å². The molecule has 2 amide bonds. The minimum atomic E-state index is -0.692. The number of carbonyl (C=O) groups excluding carboxylic acids is 1. The number of hydrogen-bond acceptors (Lipinski definition) is 4. The van der Waals surface area contributed by atoms with Crippen molar-refractivity contribution in [3.05, 3.63) is 10.6 Å². The normalized spacial score (nSPS) is 16.6. The van der Waals surface area contributed by atoms with Gasteiger partial charge < -0.3 is 10.4 Å². The third kappa shape index (κ3) is 3.70. The molecule has 0 aliphatic heterocycles. The van der Waals surface area contributed by atoms with E-state index in [-0.39, 0.29) is 6.03 Å². The summed E-state index contributed by atoms with van der Waals surface area (Å²) < 4.78 is 0. The summed E-state index contributed by atoms with van der Waals surface area (Å²) in [5.74, 6) is 0. The summed E-state index contributed by atoms with van der Waals surface area (Å²) in [5, 5.41) is 16.0. The maximum Gasteiger partial charge on any atom is 0.321 e. The predicted octanol–water partition coefficient (Wildman–Crippen LogP) is 2.69. The Kier molecular flexibility index (Phi) is 4.99. The summed E-state index contributed by atoms with van der Waals surface area (Å²) in [6, 6.07) is -0.287. The van der Waals surface area contributed by atoms with Crippen LogP contribution in [0.3, 0.4) is 0 Å². The molecular weight excluding hydrogens is 274 g/mol. The van der Waals surface area contributed by atoms with Crippen LogP contribution < -0.4 is 10.6 Å². The van der Waals surface area contributed by atoms with Gasteiger partial charge in [-0.2, -0.15) is 0 Å². The number of rotatable bonds is 6. The molecule has 0 saturated heterocycles. The Morgan fingerprint density at radius 3 is 2.75 bits per heavy atom. The zero-order valence-electron chi connectivity index (χ0n) is 12.2. The first-order valence-electron chi connectivity index (χ1n) is 7.32. The third-order valence-electron chi connectivity index (χ3n) is 3.67. The maximum absolute atomic E-state index is 11.8. The number of nitrogens with zero attached hydrogens (tertiary/aromatic N) is 1. The van der Waals surface area contributed by atoms with Crippen molar-refractivity contribution in [2.45, 2.75) is 58.0 Å². The van der Waals surface area contributed by atoms with Gasteiger partial charge in [0.05, 0.1) is 11.3 Å². The summed E-state index contributed by atoms with van der Waals surface area (Å²) in [6.45, 7) is 4.53. The molecule has 0 aromatic carbocycles. The zero-order chi connectivity index (χ0) is 14.6. The van der Waals surface area contributed by atoms with Gasteiger partial charge >= 0.3 is 6.03 Å². The van der Waals surface area contributed by atoms with Crippen molar-refractivity contribution in [1.82, 2.24) is 10.3 Å². The van der Waals surface area contributed by atoms with Crippen molar-refractivity contribution in [3.63, 3.8) is 0 Å². The molecule has 0 radical (unpaired) electrons. The lowest BCUT2D eigenvalue weighted by atomic mass is 9.80. The van der Waals surface area contributed by atoms with Crippen molar-refractivity contribution in [3.8, 4) is 0 Å². The summed E-state index contributed by atoms with van der Waals surface area (Å²) in [4.78, 5) is 17.5. The lowest BCUT2D eigenvalue weighted by molar-refractivity contribution is -0.0287. The molecule has 2 rings (SSSR count). The molecule has 0 bridgehead atoms. The van der Waals surface area contributed by atoms with Crippen LogP contribution in [0.25, 0.3) is 0 Å². The molecule has 1 aromatic heterocycles. The Bertz CT molecular complexity index is 469. The van der Waals surface area contributed by atoms with Crippen LogP contribution in [0.4, 0.5) is 9.93 Å². The maximum atomic E-state index is 11.8. The summed E-state index contributed by atoms with van der Waals surface area (Å²) in [5.41, 5.74) is 0.398. The Balaban J connectivity index is 1.87. The number of amides is 2. The van der Waals surface area contributed by atoms with E-state index in [0.29, 0.717) is 11.7 Å². The fourth-order valence-electron chi connectivity index (χ4n) is 2.29. The Hall–Kier alpha value is -1.14. The molecule has 1 aliphatic carbocycles. The summed E-state index contributed by atoms with van der Waals surface area (Å²) in [6.07, 6.45) is 5.51. The molecule has 3 N–H and O–H groups in total. The first kappa shape index (κ1) is 15.3. The van der Waals surface area contributed by atoms with Crippen LogP contribution >= 0.6 is 11.3 Å². The van der Waals surface area contributed by atoms with Crippen LogP contribution in [0, 0.1) is 0 Å². The van der Waals surface area contributed by atoms with Gasteiger partial charge in [-0.1, -0.05) is 20.3 Å².